The molecule has 1 aliphatic rings. The summed E-state index contributed by atoms with van der Waals surface area (Å²) in [5.74, 6) is -0.933. The molecule has 7 nitrogen and oxygen atoms in total. The molecule has 1 saturated carbocycles. The molecule has 0 saturated heterocycles. The van der Waals surface area contributed by atoms with E-state index in [-0.39, 0.29) is 0 Å². The normalized spacial score (nSPS) is 14.4. The van der Waals surface area contributed by atoms with Gasteiger partial charge in [0, 0.05) is 11.6 Å². The van der Waals surface area contributed by atoms with Crippen molar-refractivity contribution in [2.45, 2.75) is 63.5 Å². The summed E-state index contributed by atoms with van der Waals surface area (Å²) >= 11 is 0. The fourth-order valence-electron chi connectivity index (χ4n) is 2.47. The van der Waals surface area contributed by atoms with Gasteiger partial charge in [0.25, 0.3) is 0 Å². The number of carboxylic acid groups (broad SMARTS) is 1. The Labute approximate surface area is 161 Å². The summed E-state index contributed by atoms with van der Waals surface area (Å²) < 4.78 is 0. The van der Waals surface area contributed by atoms with Crippen LogP contribution in [0.25, 0.3) is 0 Å². The Morgan fingerprint density at radius 3 is 2.30 bits per heavy atom. The minimum absolute atomic E-state index is 0.428. The number of aliphatic carboxylic acids is 1. The van der Waals surface area contributed by atoms with Gasteiger partial charge in [0.15, 0.2) is 6.29 Å². The highest BCUT2D eigenvalue weighted by atomic mass is 16.4. The molecule has 0 radical (unpaired) electrons. The molecule has 2 rings (SSSR count). The van der Waals surface area contributed by atoms with Crippen molar-refractivity contribution in [1.82, 2.24) is 0 Å². The molecule has 0 spiro atoms. The van der Waals surface area contributed by atoms with Crippen molar-refractivity contribution in [1.29, 1.82) is 5.26 Å². The second-order valence-electron chi connectivity index (χ2n) is 6.44. The number of hydrogen-bond acceptors (Lipinski definition) is 6. The topological polar surface area (TPSA) is 156 Å². The SMILES string of the molecule is N#Cc1ccccc1C=O.NC1CCCCC1.NCCCC[C@H](N)C(=O)O. The Bertz CT molecular complexity index is 581. The summed E-state index contributed by atoms with van der Waals surface area (Å²) in [4.78, 5) is 20.4. The van der Waals surface area contributed by atoms with Crippen LogP contribution in [0.3, 0.4) is 0 Å². The summed E-state index contributed by atoms with van der Waals surface area (Å²) in [7, 11) is 0. The minimum Gasteiger partial charge on any atom is -0.480 e. The quantitative estimate of drug-likeness (QED) is 0.438. The zero-order valence-corrected chi connectivity index (χ0v) is 15.8. The van der Waals surface area contributed by atoms with Crippen LogP contribution in [0, 0.1) is 11.3 Å². The Balaban J connectivity index is 0.000000382. The molecular formula is C20H32N4O3. The fraction of sp³-hybridized carbons (Fsp3) is 0.550. The fourth-order valence-corrected chi connectivity index (χ4v) is 2.47. The maximum absolute atomic E-state index is 10.2. The van der Waals surface area contributed by atoms with Crippen LogP contribution in [0.4, 0.5) is 0 Å². The first kappa shape index (κ1) is 24.7. The van der Waals surface area contributed by atoms with Gasteiger partial charge < -0.3 is 22.3 Å². The second-order valence-corrected chi connectivity index (χ2v) is 6.44. The van der Waals surface area contributed by atoms with Gasteiger partial charge in [-0.3, -0.25) is 9.59 Å². The molecule has 150 valence electrons. The van der Waals surface area contributed by atoms with Crippen LogP contribution in [0.2, 0.25) is 0 Å². The van der Waals surface area contributed by atoms with E-state index in [2.05, 4.69) is 0 Å². The monoisotopic (exact) mass is 376 g/mol. The number of benzene rings is 1. The van der Waals surface area contributed by atoms with Crippen molar-refractivity contribution in [3.05, 3.63) is 35.4 Å². The van der Waals surface area contributed by atoms with Crippen LogP contribution in [-0.2, 0) is 4.79 Å². The van der Waals surface area contributed by atoms with Gasteiger partial charge in [-0.15, -0.1) is 0 Å². The summed E-state index contributed by atoms with van der Waals surface area (Å²) in [6.45, 7) is 0.604. The van der Waals surface area contributed by atoms with Crippen molar-refractivity contribution in [2.24, 2.45) is 17.2 Å². The number of unbranched alkanes of at least 4 members (excludes halogenated alkanes) is 1. The molecule has 0 aliphatic heterocycles. The largest absolute Gasteiger partial charge is 0.480 e. The third-order valence-corrected chi connectivity index (χ3v) is 4.14. The molecule has 27 heavy (non-hydrogen) atoms. The van der Waals surface area contributed by atoms with E-state index >= 15 is 0 Å². The molecule has 0 aromatic heterocycles. The van der Waals surface area contributed by atoms with Gasteiger partial charge in [-0.2, -0.15) is 5.26 Å². The van der Waals surface area contributed by atoms with E-state index in [0.29, 0.717) is 36.4 Å². The number of rotatable bonds is 6. The van der Waals surface area contributed by atoms with Crippen LogP contribution in [0.5, 0.6) is 0 Å². The Hall–Kier alpha value is -2.27. The highest BCUT2D eigenvalue weighted by Gasteiger charge is 2.09. The molecule has 1 aromatic rings. The number of nitrogens with two attached hydrogens (primary N) is 3. The molecule has 0 unspecified atom stereocenters. The predicted octanol–water partition coefficient (Wildman–Crippen LogP) is 2.18. The predicted molar refractivity (Wildman–Crippen MR) is 106 cm³/mol. The number of carbonyl (C=O) groups excluding carboxylic acids is 1. The van der Waals surface area contributed by atoms with Gasteiger partial charge in [-0.25, -0.2) is 0 Å². The summed E-state index contributed by atoms with van der Waals surface area (Å²) in [5.41, 5.74) is 16.9. The van der Waals surface area contributed by atoms with E-state index in [1.165, 1.54) is 32.1 Å². The number of hydrogen-bond donors (Lipinski definition) is 4. The molecule has 1 atom stereocenters. The highest BCUT2D eigenvalue weighted by Crippen LogP contribution is 2.14. The summed E-state index contributed by atoms with van der Waals surface area (Å²) in [6, 6.07) is 8.42. The maximum atomic E-state index is 10.2. The standard InChI is InChI=1S/C8H5NO.C6H14N2O2.C6H13N/c9-5-7-3-1-2-4-8(7)6-10;7-4-2-1-3-5(8)6(9)10;7-6-4-2-1-3-5-6/h1-4,6H;5H,1-4,7-8H2,(H,9,10);6H,1-5,7H2/t;5-;/m.0./s1. The van der Waals surface area contributed by atoms with Gasteiger partial charge in [0.2, 0.25) is 0 Å². The molecule has 1 aliphatic carbocycles. The van der Waals surface area contributed by atoms with E-state index in [4.69, 9.17) is 27.6 Å². The minimum atomic E-state index is -0.933. The van der Waals surface area contributed by atoms with Crippen molar-refractivity contribution in [3.8, 4) is 6.07 Å². The Morgan fingerprint density at radius 2 is 1.89 bits per heavy atom. The summed E-state index contributed by atoms with van der Waals surface area (Å²) in [6.07, 6.45) is 9.51. The van der Waals surface area contributed by atoms with E-state index in [9.17, 15) is 9.59 Å². The second kappa shape index (κ2) is 15.9. The lowest BCUT2D eigenvalue weighted by atomic mass is 9.97. The molecule has 1 fully saturated rings. The molecule has 1 aromatic carbocycles. The van der Waals surface area contributed by atoms with Crippen molar-refractivity contribution < 1.29 is 14.7 Å². The van der Waals surface area contributed by atoms with E-state index in [1.807, 2.05) is 6.07 Å². The average molecular weight is 377 g/mol. The zero-order valence-electron chi connectivity index (χ0n) is 15.8. The van der Waals surface area contributed by atoms with Crippen LogP contribution in [0.15, 0.2) is 24.3 Å². The van der Waals surface area contributed by atoms with E-state index in [0.717, 1.165) is 12.8 Å². The molecule has 0 amide bonds. The number of nitriles is 1. The molecular weight excluding hydrogens is 344 g/mol. The van der Waals surface area contributed by atoms with Gasteiger partial charge in [0.05, 0.1) is 11.6 Å². The third-order valence-electron chi connectivity index (χ3n) is 4.14. The smallest absolute Gasteiger partial charge is 0.320 e. The summed E-state index contributed by atoms with van der Waals surface area (Å²) in [5, 5.41) is 16.8. The zero-order chi connectivity index (χ0) is 20.5. The van der Waals surface area contributed by atoms with Gasteiger partial charge >= 0.3 is 5.97 Å². The Morgan fingerprint density at radius 1 is 1.26 bits per heavy atom. The van der Waals surface area contributed by atoms with Gasteiger partial charge in [0.1, 0.15) is 6.04 Å². The van der Waals surface area contributed by atoms with E-state index < -0.39 is 12.0 Å². The lowest BCUT2D eigenvalue weighted by molar-refractivity contribution is -0.138. The first-order valence-corrected chi connectivity index (χ1v) is 9.34. The van der Waals surface area contributed by atoms with E-state index in [1.54, 1.807) is 24.3 Å². The van der Waals surface area contributed by atoms with Crippen LogP contribution < -0.4 is 17.2 Å². The van der Waals surface area contributed by atoms with Crippen LogP contribution in [0.1, 0.15) is 67.3 Å². The number of carbonyl (C=O) groups is 2. The lowest BCUT2D eigenvalue weighted by Gasteiger charge is -2.15. The van der Waals surface area contributed by atoms with Crippen molar-refractivity contribution >= 4 is 12.3 Å². The first-order valence-electron chi connectivity index (χ1n) is 9.34. The van der Waals surface area contributed by atoms with Crippen molar-refractivity contribution in [2.75, 3.05) is 6.54 Å². The molecule has 7 N–H and O–H groups in total. The lowest BCUT2D eigenvalue weighted by Crippen LogP contribution is -2.29. The maximum Gasteiger partial charge on any atom is 0.320 e. The first-order chi connectivity index (χ1) is 13.0. The molecule has 7 heteroatoms. The average Bonchev–Trinajstić information content (AvgIpc) is 2.69. The van der Waals surface area contributed by atoms with Gasteiger partial charge in [-0.1, -0.05) is 43.9 Å². The van der Waals surface area contributed by atoms with Gasteiger partial charge in [-0.05, 0) is 38.3 Å². The van der Waals surface area contributed by atoms with Crippen molar-refractivity contribution in [3.63, 3.8) is 0 Å². The molecule has 0 heterocycles. The Kier molecular flexibility index (Phi) is 14.6. The highest BCUT2D eigenvalue weighted by molar-refractivity contribution is 5.78. The van der Waals surface area contributed by atoms with Crippen LogP contribution in [-0.4, -0.2) is 36.0 Å². The third kappa shape index (κ3) is 12.7. The number of nitrogens with zero attached hydrogens (tertiary/aromatic N) is 1. The molecule has 0 bridgehead atoms. The number of carboxylic acids is 1. The number of aldehydes is 1. The van der Waals surface area contributed by atoms with Crippen LogP contribution >= 0.6 is 0 Å².